The molecule has 0 spiro atoms. The Kier molecular flexibility index (Phi) is 9.19. The quantitative estimate of drug-likeness (QED) is 0.391. The van der Waals surface area contributed by atoms with Gasteiger partial charge in [-0.3, -0.25) is 5.43 Å². The SMILES string of the molecule is CCCC(C)CC(/C=N/NC(N)=S)CCC. The zero-order valence-electron chi connectivity index (χ0n) is 10.7. The summed E-state index contributed by atoms with van der Waals surface area (Å²) in [5.74, 6) is 1.30. The average molecular weight is 243 g/mol. The van der Waals surface area contributed by atoms with Crippen LogP contribution in [-0.4, -0.2) is 11.3 Å². The Morgan fingerprint density at radius 1 is 1.38 bits per heavy atom. The van der Waals surface area contributed by atoms with Crippen LogP contribution in [0.2, 0.25) is 0 Å². The van der Waals surface area contributed by atoms with E-state index < -0.39 is 0 Å². The maximum Gasteiger partial charge on any atom is 0.184 e. The fourth-order valence-corrected chi connectivity index (χ4v) is 2.01. The van der Waals surface area contributed by atoms with Gasteiger partial charge in [-0.15, -0.1) is 0 Å². The van der Waals surface area contributed by atoms with E-state index in [4.69, 9.17) is 18.0 Å². The van der Waals surface area contributed by atoms with Gasteiger partial charge < -0.3 is 5.73 Å². The van der Waals surface area contributed by atoms with Crippen molar-refractivity contribution in [1.82, 2.24) is 5.43 Å². The second-order valence-corrected chi connectivity index (χ2v) is 4.87. The zero-order chi connectivity index (χ0) is 12.4. The van der Waals surface area contributed by atoms with Crippen LogP contribution in [0.3, 0.4) is 0 Å². The minimum absolute atomic E-state index is 0.230. The van der Waals surface area contributed by atoms with Crippen molar-refractivity contribution in [3.63, 3.8) is 0 Å². The second-order valence-electron chi connectivity index (χ2n) is 4.43. The number of hydrogen-bond acceptors (Lipinski definition) is 2. The van der Waals surface area contributed by atoms with Gasteiger partial charge in [0.05, 0.1) is 0 Å². The molecule has 4 heteroatoms. The fraction of sp³-hybridized carbons (Fsp3) is 0.833. The van der Waals surface area contributed by atoms with Gasteiger partial charge in [0.15, 0.2) is 5.11 Å². The van der Waals surface area contributed by atoms with E-state index in [-0.39, 0.29) is 5.11 Å². The highest BCUT2D eigenvalue weighted by Crippen LogP contribution is 2.19. The molecule has 0 aromatic carbocycles. The monoisotopic (exact) mass is 243 g/mol. The van der Waals surface area contributed by atoms with Crippen LogP contribution in [0.1, 0.15) is 52.9 Å². The van der Waals surface area contributed by atoms with Crippen molar-refractivity contribution in [2.24, 2.45) is 22.7 Å². The van der Waals surface area contributed by atoms with Gasteiger partial charge in [0, 0.05) is 6.21 Å². The van der Waals surface area contributed by atoms with Crippen LogP contribution in [0.25, 0.3) is 0 Å². The van der Waals surface area contributed by atoms with Crippen LogP contribution in [-0.2, 0) is 0 Å². The second kappa shape index (κ2) is 9.58. The van der Waals surface area contributed by atoms with Crippen LogP contribution in [0.15, 0.2) is 5.10 Å². The summed E-state index contributed by atoms with van der Waals surface area (Å²) in [5.41, 5.74) is 7.93. The van der Waals surface area contributed by atoms with Gasteiger partial charge >= 0.3 is 0 Å². The normalized spacial score (nSPS) is 14.9. The van der Waals surface area contributed by atoms with E-state index in [1.54, 1.807) is 0 Å². The van der Waals surface area contributed by atoms with Crippen molar-refractivity contribution in [3.05, 3.63) is 0 Å². The summed E-state index contributed by atoms with van der Waals surface area (Å²) < 4.78 is 0. The summed E-state index contributed by atoms with van der Waals surface area (Å²) in [4.78, 5) is 0. The summed E-state index contributed by atoms with van der Waals surface area (Å²) in [6.45, 7) is 6.74. The molecule has 0 aromatic rings. The van der Waals surface area contributed by atoms with Gasteiger partial charge in [0.1, 0.15) is 0 Å². The molecule has 0 saturated carbocycles. The molecule has 3 nitrogen and oxygen atoms in total. The highest BCUT2D eigenvalue weighted by atomic mass is 32.1. The van der Waals surface area contributed by atoms with E-state index in [2.05, 4.69) is 31.3 Å². The Hall–Kier alpha value is -0.640. The van der Waals surface area contributed by atoms with Crippen molar-refractivity contribution < 1.29 is 0 Å². The van der Waals surface area contributed by atoms with Crippen molar-refractivity contribution in [2.75, 3.05) is 0 Å². The lowest BCUT2D eigenvalue weighted by Gasteiger charge is -2.16. The van der Waals surface area contributed by atoms with Gasteiger partial charge in [-0.25, -0.2) is 0 Å². The Balaban J connectivity index is 4.04. The first kappa shape index (κ1) is 15.4. The van der Waals surface area contributed by atoms with Crippen molar-refractivity contribution >= 4 is 23.5 Å². The standard InChI is InChI=1S/C12H25N3S/c1-4-6-10(3)8-11(7-5-2)9-14-15-12(13)16/h9-11H,4-8H2,1-3H3,(H3,13,15,16)/b14-9+. The molecule has 0 heterocycles. The molecule has 0 rings (SSSR count). The molecule has 0 radical (unpaired) electrons. The summed E-state index contributed by atoms with van der Waals surface area (Å²) in [6.07, 6.45) is 8.05. The molecule has 94 valence electrons. The van der Waals surface area contributed by atoms with Gasteiger partial charge in [0.2, 0.25) is 0 Å². The maximum absolute atomic E-state index is 5.31. The summed E-state index contributed by atoms with van der Waals surface area (Å²) in [6, 6.07) is 0. The highest BCUT2D eigenvalue weighted by Gasteiger charge is 2.10. The smallest absolute Gasteiger partial charge is 0.184 e. The lowest BCUT2D eigenvalue weighted by Crippen LogP contribution is -2.24. The molecular weight excluding hydrogens is 218 g/mol. The van der Waals surface area contributed by atoms with Crippen LogP contribution in [0.5, 0.6) is 0 Å². The first-order valence-corrected chi connectivity index (χ1v) is 6.59. The molecule has 0 aliphatic rings. The van der Waals surface area contributed by atoms with Crippen LogP contribution in [0, 0.1) is 11.8 Å². The minimum atomic E-state index is 0.230. The molecule has 0 fully saturated rings. The third-order valence-electron chi connectivity index (χ3n) is 2.61. The molecule has 2 atom stereocenters. The molecule has 16 heavy (non-hydrogen) atoms. The Morgan fingerprint density at radius 3 is 2.50 bits per heavy atom. The Morgan fingerprint density at radius 2 is 2.00 bits per heavy atom. The fourth-order valence-electron chi connectivity index (χ4n) is 1.96. The molecule has 0 aliphatic carbocycles. The predicted octanol–water partition coefficient (Wildman–Crippen LogP) is 3.05. The first-order valence-electron chi connectivity index (χ1n) is 6.18. The molecule has 0 bridgehead atoms. The van der Waals surface area contributed by atoms with Gasteiger partial charge in [-0.05, 0) is 36.9 Å². The minimum Gasteiger partial charge on any atom is -0.375 e. The lowest BCUT2D eigenvalue weighted by molar-refractivity contribution is 0.418. The number of thiocarbonyl (C=S) groups is 1. The lowest BCUT2D eigenvalue weighted by atomic mass is 9.90. The highest BCUT2D eigenvalue weighted by molar-refractivity contribution is 7.80. The molecule has 3 N–H and O–H groups in total. The Bertz CT molecular complexity index is 216. The molecule has 0 aliphatic heterocycles. The summed E-state index contributed by atoms with van der Waals surface area (Å²) in [5, 5.41) is 4.29. The molecule has 0 aromatic heterocycles. The van der Waals surface area contributed by atoms with E-state index in [0.717, 1.165) is 5.92 Å². The van der Waals surface area contributed by atoms with E-state index in [1.165, 1.54) is 32.1 Å². The molecule has 0 amide bonds. The summed E-state index contributed by atoms with van der Waals surface area (Å²) in [7, 11) is 0. The maximum atomic E-state index is 5.31. The molecule has 0 saturated heterocycles. The number of rotatable bonds is 8. The zero-order valence-corrected chi connectivity index (χ0v) is 11.5. The van der Waals surface area contributed by atoms with E-state index in [9.17, 15) is 0 Å². The molecular formula is C12H25N3S. The van der Waals surface area contributed by atoms with Crippen LogP contribution in [0.4, 0.5) is 0 Å². The van der Waals surface area contributed by atoms with Crippen molar-refractivity contribution in [2.45, 2.75) is 52.9 Å². The number of nitrogens with two attached hydrogens (primary N) is 1. The van der Waals surface area contributed by atoms with Crippen molar-refractivity contribution in [1.29, 1.82) is 0 Å². The Labute approximate surface area is 105 Å². The van der Waals surface area contributed by atoms with Gasteiger partial charge in [-0.2, -0.15) is 5.10 Å². The number of hydrazone groups is 1. The van der Waals surface area contributed by atoms with Crippen LogP contribution >= 0.6 is 12.2 Å². The topological polar surface area (TPSA) is 50.4 Å². The van der Waals surface area contributed by atoms with Crippen LogP contribution < -0.4 is 11.2 Å². The third-order valence-corrected chi connectivity index (χ3v) is 2.70. The predicted molar refractivity (Wildman–Crippen MR) is 75.5 cm³/mol. The number of nitrogens with zero attached hydrogens (tertiary/aromatic N) is 1. The largest absolute Gasteiger partial charge is 0.375 e. The van der Waals surface area contributed by atoms with Gasteiger partial charge in [-0.1, -0.05) is 40.0 Å². The average Bonchev–Trinajstić information content (AvgIpc) is 2.17. The first-order chi connectivity index (χ1) is 7.60. The van der Waals surface area contributed by atoms with E-state index in [0.29, 0.717) is 5.92 Å². The third kappa shape index (κ3) is 8.65. The summed E-state index contributed by atoms with van der Waals surface area (Å²) >= 11 is 4.69. The molecule has 2 unspecified atom stereocenters. The number of nitrogens with one attached hydrogen (secondary N) is 1. The van der Waals surface area contributed by atoms with E-state index in [1.807, 2.05) is 6.21 Å². The number of hydrogen-bond donors (Lipinski definition) is 2. The van der Waals surface area contributed by atoms with E-state index >= 15 is 0 Å². The van der Waals surface area contributed by atoms with Gasteiger partial charge in [0.25, 0.3) is 0 Å². The van der Waals surface area contributed by atoms with Crippen molar-refractivity contribution in [3.8, 4) is 0 Å².